The second-order valence-corrected chi connectivity index (χ2v) is 8.62. The minimum atomic E-state index is -1.13. The number of carboxylic acid groups (broad SMARTS) is 1. The van der Waals surface area contributed by atoms with Gasteiger partial charge in [0, 0.05) is 15.6 Å². The number of nitrogens with zero attached hydrogens (tertiary/aromatic N) is 1. The number of amides is 1. The van der Waals surface area contributed by atoms with Gasteiger partial charge in [-0.15, -0.1) is 0 Å². The number of benzene rings is 2. The van der Waals surface area contributed by atoms with Gasteiger partial charge in [0.1, 0.15) is 17.5 Å². The summed E-state index contributed by atoms with van der Waals surface area (Å²) in [6, 6.07) is 10.3. The van der Waals surface area contributed by atoms with Crippen LogP contribution in [0.3, 0.4) is 0 Å². The molecule has 0 unspecified atom stereocenters. The number of thioether (sulfide) groups is 1. The van der Waals surface area contributed by atoms with Gasteiger partial charge >= 0.3 is 5.97 Å². The van der Waals surface area contributed by atoms with Crippen molar-refractivity contribution in [3.8, 4) is 11.5 Å². The molecule has 0 saturated carbocycles. The van der Waals surface area contributed by atoms with Gasteiger partial charge in [0.2, 0.25) is 0 Å². The Morgan fingerprint density at radius 3 is 2.67 bits per heavy atom. The molecule has 1 saturated heterocycles. The van der Waals surface area contributed by atoms with Crippen LogP contribution in [0.4, 0.5) is 0 Å². The van der Waals surface area contributed by atoms with E-state index in [1.165, 1.54) is 7.11 Å². The van der Waals surface area contributed by atoms with Crippen molar-refractivity contribution in [3.05, 3.63) is 62.5 Å². The van der Waals surface area contributed by atoms with E-state index >= 15 is 0 Å². The monoisotopic (exact) mass is 483 g/mol. The highest BCUT2D eigenvalue weighted by Crippen LogP contribution is 2.35. The first-order valence-electron chi connectivity index (χ1n) is 8.50. The lowest BCUT2D eigenvalue weighted by Gasteiger charge is -2.13. The second kappa shape index (κ2) is 9.70. The summed E-state index contributed by atoms with van der Waals surface area (Å²) in [4.78, 5) is 24.8. The van der Waals surface area contributed by atoms with Crippen LogP contribution in [0, 0.1) is 0 Å². The van der Waals surface area contributed by atoms with Crippen molar-refractivity contribution in [1.82, 2.24) is 4.90 Å². The van der Waals surface area contributed by atoms with Gasteiger partial charge in [-0.05, 0) is 35.9 Å². The Hall–Kier alpha value is -2.26. The Morgan fingerprint density at radius 2 is 2.00 bits per heavy atom. The highest BCUT2D eigenvalue weighted by Gasteiger charge is 2.33. The zero-order valence-electron chi connectivity index (χ0n) is 15.6. The van der Waals surface area contributed by atoms with Crippen LogP contribution in [0.25, 0.3) is 6.08 Å². The lowest BCUT2D eigenvalue weighted by Crippen LogP contribution is -2.33. The molecule has 10 heteroatoms. The van der Waals surface area contributed by atoms with Crippen molar-refractivity contribution in [3.63, 3.8) is 0 Å². The van der Waals surface area contributed by atoms with E-state index in [4.69, 9.17) is 50.0 Å². The number of hydrogen-bond donors (Lipinski definition) is 1. The van der Waals surface area contributed by atoms with Gasteiger partial charge in [-0.1, -0.05) is 59.3 Å². The van der Waals surface area contributed by atoms with Crippen LogP contribution in [0.15, 0.2) is 41.3 Å². The molecule has 2 aromatic carbocycles. The van der Waals surface area contributed by atoms with E-state index < -0.39 is 18.4 Å². The van der Waals surface area contributed by atoms with Gasteiger partial charge in [-0.25, -0.2) is 0 Å². The molecule has 0 spiro atoms. The van der Waals surface area contributed by atoms with Crippen LogP contribution >= 0.6 is 47.2 Å². The molecule has 1 N–H and O–H groups in total. The van der Waals surface area contributed by atoms with E-state index in [1.807, 2.05) is 0 Å². The zero-order valence-corrected chi connectivity index (χ0v) is 18.7. The number of aliphatic carboxylic acids is 1. The minimum absolute atomic E-state index is 0.191. The van der Waals surface area contributed by atoms with Crippen LogP contribution in [0.5, 0.6) is 11.5 Å². The fraction of sp³-hybridized carbons (Fsp3) is 0.150. The Bertz CT molecular complexity index is 1060. The molecule has 0 radical (unpaired) electrons. The number of ether oxygens (including phenoxy) is 2. The quantitative estimate of drug-likeness (QED) is 0.444. The number of carbonyl (C=O) groups excluding carboxylic acids is 1. The van der Waals surface area contributed by atoms with Crippen molar-refractivity contribution in [2.75, 3.05) is 13.7 Å². The third-order valence-electron chi connectivity index (χ3n) is 4.05. The van der Waals surface area contributed by atoms with Crippen LogP contribution in [0.2, 0.25) is 10.0 Å². The molecule has 156 valence electrons. The molecule has 1 heterocycles. The standard InChI is InChI=1S/C20H15Cl2NO5S2/c1-27-15-5-2-11(7-17-19(26)23(9-18(24)25)20(29)30-17)6-16(15)28-10-12-3-4-13(21)8-14(12)22/h2-8H,9-10H2,1H3,(H,24,25). The summed E-state index contributed by atoms with van der Waals surface area (Å²) in [5, 5.41) is 9.95. The molecular weight excluding hydrogens is 469 g/mol. The first kappa shape index (κ1) is 22.4. The molecule has 6 nitrogen and oxygen atoms in total. The highest BCUT2D eigenvalue weighted by molar-refractivity contribution is 8.26. The van der Waals surface area contributed by atoms with E-state index in [-0.39, 0.29) is 10.9 Å². The van der Waals surface area contributed by atoms with Crippen LogP contribution in [0.1, 0.15) is 11.1 Å². The number of hydrogen-bond acceptors (Lipinski definition) is 6. The molecule has 3 rings (SSSR count). The maximum Gasteiger partial charge on any atom is 0.323 e. The normalized spacial score (nSPS) is 15.0. The van der Waals surface area contributed by atoms with E-state index in [0.717, 1.165) is 22.2 Å². The average molecular weight is 484 g/mol. The Morgan fingerprint density at radius 1 is 1.23 bits per heavy atom. The third kappa shape index (κ3) is 5.26. The molecule has 1 amide bonds. The van der Waals surface area contributed by atoms with Gasteiger partial charge in [0.15, 0.2) is 11.5 Å². The Kier molecular flexibility index (Phi) is 7.25. The first-order chi connectivity index (χ1) is 14.3. The number of carbonyl (C=O) groups is 2. The number of halogens is 2. The smallest absolute Gasteiger partial charge is 0.323 e. The molecule has 0 aliphatic carbocycles. The molecular formula is C20H15Cl2NO5S2. The number of rotatable bonds is 7. The van der Waals surface area contributed by atoms with Crippen molar-refractivity contribution in [2.45, 2.75) is 6.61 Å². The summed E-state index contributed by atoms with van der Waals surface area (Å²) in [6.07, 6.45) is 1.63. The van der Waals surface area contributed by atoms with Crippen molar-refractivity contribution >= 4 is 69.5 Å². The van der Waals surface area contributed by atoms with Gasteiger partial charge < -0.3 is 14.6 Å². The molecule has 30 heavy (non-hydrogen) atoms. The summed E-state index contributed by atoms with van der Waals surface area (Å²) in [7, 11) is 1.52. The van der Waals surface area contributed by atoms with Crippen LogP contribution in [-0.2, 0) is 16.2 Å². The van der Waals surface area contributed by atoms with Crippen molar-refractivity contribution in [2.24, 2.45) is 0 Å². The van der Waals surface area contributed by atoms with Gasteiger partial charge in [-0.3, -0.25) is 14.5 Å². The summed E-state index contributed by atoms with van der Waals surface area (Å²) in [5.74, 6) is -0.610. The van der Waals surface area contributed by atoms with Crippen molar-refractivity contribution < 1.29 is 24.2 Å². The predicted octanol–water partition coefficient (Wildman–Crippen LogP) is 4.87. The average Bonchev–Trinajstić information content (AvgIpc) is 2.94. The summed E-state index contributed by atoms with van der Waals surface area (Å²) in [6.45, 7) is -0.280. The van der Waals surface area contributed by atoms with E-state index in [1.54, 1.807) is 42.5 Å². The largest absolute Gasteiger partial charge is 0.493 e. The van der Waals surface area contributed by atoms with Gasteiger partial charge in [0.25, 0.3) is 5.91 Å². The molecule has 0 bridgehead atoms. The van der Waals surface area contributed by atoms with E-state index in [0.29, 0.717) is 32.0 Å². The van der Waals surface area contributed by atoms with Gasteiger partial charge in [-0.2, -0.15) is 0 Å². The Labute approximate surface area is 192 Å². The van der Waals surface area contributed by atoms with E-state index in [2.05, 4.69) is 0 Å². The fourth-order valence-corrected chi connectivity index (χ4v) is 4.33. The summed E-state index contributed by atoms with van der Waals surface area (Å²) >= 11 is 18.3. The lowest BCUT2D eigenvalue weighted by atomic mass is 10.1. The molecule has 1 fully saturated rings. The van der Waals surface area contributed by atoms with Crippen LogP contribution < -0.4 is 9.47 Å². The summed E-state index contributed by atoms with van der Waals surface area (Å²) in [5.41, 5.74) is 1.42. The maximum absolute atomic E-state index is 12.4. The molecule has 0 aromatic heterocycles. The molecule has 0 atom stereocenters. The molecule has 1 aliphatic rings. The second-order valence-electron chi connectivity index (χ2n) is 6.10. The SMILES string of the molecule is COc1ccc(C=C2SC(=S)N(CC(=O)O)C2=O)cc1OCc1ccc(Cl)cc1Cl. The molecule has 2 aromatic rings. The lowest BCUT2D eigenvalue weighted by molar-refractivity contribution is -0.140. The van der Waals surface area contributed by atoms with E-state index in [9.17, 15) is 9.59 Å². The number of thiocarbonyl (C=S) groups is 1. The maximum atomic E-state index is 12.4. The number of methoxy groups -OCH3 is 1. The fourth-order valence-electron chi connectivity index (χ4n) is 2.61. The predicted molar refractivity (Wildman–Crippen MR) is 121 cm³/mol. The minimum Gasteiger partial charge on any atom is -0.493 e. The van der Waals surface area contributed by atoms with Crippen LogP contribution in [-0.4, -0.2) is 39.9 Å². The zero-order chi connectivity index (χ0) is 21.8. The Balaban J connectivity index is 1.82. The highest BCUT2D eigenvalue weighted by atomic mass is 35.5. The first-order valence-corrected chi connectivity index (χ1v) is 10.5. The number of carboxylic acids is 1. The molecule has 1 aliphatic heterocycles. The van der Waals surface area contributed by atoms with Gasteiger partial charge in [0.05, 0.1) is 12.0 Å². The topological polar surface area (TPSA) is 76.1 Å². The third-order valence-corrected chi connectivity index (χ3v) is 6.02. The summed E-state index contributed by atoms with van der Waals surface area (Å²) < 4.78 is 11.4. The van der Waals surface area contributed by atoms with Crippen molar-refractivity contribution in [1.29, 1.82) is 0 Å².